The van der Waals surface area contributed by atoms with Crippen LogP contribution in [-0.4, -0.2) is 32.2 Å². The number of allylic oxidation sites excluding steroid dienone is 2. The minimum Gasteiger partial charge on any atom is -0.487 e. The normalized spacial score (nSPS) is 15.0. The fourth-order valence-electron chi connectivity index (χ4n) is 2.52. The van der Waals surface area contributed by atoms with Crippen LogP contribution < -0.4 is 5.56 Å². The molecule has 28 heavy (non-hydrogen) atoms. The molecule has 0 saturated carbocycles. The number of hydrogen-bond acceptors (Lipinski definition) is 6. The van der Waals surface area contributed by atoms with E-state index in [0.29, 0.717) is 17.4 Å². The van der Waals surface area contributed by atoms with Crippen LogP contribution in [0.5, 0.6) is 0 Å². The first-order valence-electron chi connectivity index (χ1n) is 8.15. The highest BCUT2D eigenvalue weighted by Gasteiger charge is 2.35. The number of nitrogens with one attached hydrogen (secondary N) is 1. The lowest BCUT2D eigenvalue weighted by Gasteiger charge is -2.18. The van der Waals surface area contributed by atoms with Gasteiger partial charge in [-0.1, -0.05) is 11.6 Å². The summed E-state index contributed by atoms with van der Waals surface area (Å²) < 4.78 is 49.3. The first-order chi connectivity index (χ1) is 13.2. The van der Waals surface area contributed by atoms with Crippen molar-refractivity contribution in [3.05, 3.63) is 50.4 Å². The van der Waals surface area contributed by atoms with Crippen LogP contribution in [-0.2, 0) is 27.1 Å². The van der Waals surface area contributed by atoms with Crippen LogP contribution in [0.4, 0.5) is 13.2 Å². The number of esters is 1. The molecule has 1 aliphatic carbocycles. The molecular weight excluding hydrogens is 405 g/mol. The largest absolute Gasteiger partial charge is 0.487 e. The predicted octanol–water partition coefficient (Wildman–Crippen LogP) is 2.69. The standard InChI is InChI=1S/C16H14ClF3N4O4/c1-2-27-13(26)12-9(17)4-3-5-10(12)28-7-8-6-11(25)24-15(21-8)22-14(23-24)16(18,19)20/h5-6H,2-4,7H2,1H3,(H,21,22,23). The van der Waals surface area contributed by atoms with Crippen molar-refractivity contribution in [3.63, 3.8) is 0 Å². The Hall–Kier alpha value is -2.82. The number of nitrogens with zero attached hydrogens (tertiary/aromatic N) is 3. The number of rotatable bonds is 5. The second-order valence-electron chi connectivity index (χ2n) is 5.69. The number of ether oxygens (including phenoxy) is 2. The van der Waals surface area contributed by atoms with E-state index in [1.54, 1.807) is 13.0 Å². The first kappa shape index (κ1) is 19.9. The number of aromatic amines is 1. The molecule has 0 saturated heterocycles. The maximum absolute atomic E-state index is 12.7. The van der Waals surface area contributed by atoms with Crippen molar-refractivity contribution < 1.29 is 27.4 Å². The van der Waals surface area contributed by atoms with Gasteiger partial charge in [-0.15, -0.1) is 0 Å². The molecule has 0 atom stereocenters. The van der Waals surface area contributed by atoms with E-state index in [4.69, 9.17) is 21.1 Å². The van der Waals surface area contributed by atoms with E-state index in [9.17, 15) is 22.8 Å². The first-order valence-corrected chi connectivity index (χ1v) is 8.53. The molecule has 0 radical (unpaired) electrons. The molecule has 2 heterocycles. The summed E-state index contributed by atoms with van der Waals surface area (Å²) >= 11 is 6.11. The number of carbonyl (C=O) groups excluding carboxylic acids is 1. The molecule has 0 unspecified atom stereocenters. The van der Waals surface area contributed by atoms with Gasteiger partial charge in [0.25, 0.3) is 11.3 Å². The Kier molecular flexibility index (Phi) is 5.45. The molecule has 2 aromatic heterocycles. The fourth-order valence-corrected chi connectivity index (χ4v) is 2.80. The average Bonchev–Trinajstić information content (AvgIpc) is 3.05. The van der Waals surface area contributed by atoms with Crippen molar-refractivity contribution in [1.82, 2.24) is 19.6 Å². The van der Waals surface area contributed by atoms with E-state index in [0.717, 1.165) is 6.07 Å². The molecule has 0 aliphatic heterocycles. The maximum Gasteiger partial charge on any atom is 0.451 e. The van der Waals surface area contributed by atoms with Gasteiger partial charge in [-0.05, 0) is 25.8 Å². The number of fused-ring (bicyclic) bond motifs is 1. The summed E-state index contributed by atoms with van der Waals surface area (Å²) in [5.41, 5.74) is -0.675. The van der Waals surface area contributed by atoms with Crippen molar-refractivity contribution in [1.29, 1.82) is 0 Å². The monoisotopic (exact) mass is 418 g/mol. The van der Waals surface area contributed by atoms with Crippen molar-refractivity contribution in [3.8, 4) is 0 Å². The van der Waals surface area contributed by atoms with Crippen LogP contribution in [0, 0.1) is 0 Å². The molecular formula is C16H14ClF3N4O4. The zero-order valence-corrected chi connectivity index (χ0v) is 15.2. The van der Waals surface area contributed by atoms with Crippen LogP contribution in [0.3, 0.4) is 0 Å². The third-order valence-electron chi connectivity index (χ3n) is 3.72. The summed E-state index contributed by atoms with van der Waals surface area (Å²) in [6, 6.07) is 1.00. The van der Waals surface area contributed by atoms with Gasteiger partial charge in [0.15, 0.2) is 0 Å². The summed E-state index contributed by atoms with van der Waals surface area (Å²) in [5, 5.41) is 2.12. The SMILES string of the molecule is CCOC(=O)C1=C(Cl)CCC=C1OCc1cc(=O)n2[nH]c(C(F)(F)F)nc2n1. The molecule has 3 rings (SSSR count). The van der Waals surface area contributed by atoms with Crippen LogP contribution in [0.25, 0.3) is 5.78 Å². The van der Waals surface area contributed by atoms with E-state index in [-0.39, 0.29) is 35.3 Å². The molecule has 0 fully saturated rings. The Morgan fingerprint density at radius 2 is 2.14 bits per heavy atom. The Balaban J connectivity index is 1.84. The quantitative estimate of drug-likeness (QED) is 0.750. The van der Waals surface area contributed by atoms with E-state index in [1.807, 2.05) is 5.10 Å². The van der Waals surface area contributed by atoms with Crippen LogP contribution in [0.1, 0.15) is 31.3 Å². The summed E-state index contributed by atoms with van der Waals surface area (Å²) in [4.78, 5) is 31.3. The highest BCUT2D eigenvalue weighted by molar-refractivity contribution is 6.32. The molecule has 12 heteroatoms. The van der Waals surface area contributed by atoms with Crippen molar-refractivity contribution in [2.75, 3.05) is 6.61 Å². The zero-order chi connectivity index (χ0) is 20.5. The van der Waals surface area contributed by atoms with Gasteiger partial charge in [0, 0.05) is 11.1 Å². The number of halogens is 4. The van der Waals surface area contributed by atoms with Gasteiger partial charge in [0.2, 0.25) is 5.82 Å². The number of carbonyl (C=O) groups is 1. The molecule has 8 nitrogen and oxygen atoms in total. The zero-order valence-electron chi connectivity index (χ0n) is 14.5. The molecule has 1 N–H and O–H groups in total. The van der Waals surface area contributed by atoms with E-state index < -0.39 is 29.3 Å². The number of aromatic nitrogens is 4. The number of alkyl halides is 3. The molecule has 0 aromatic carbocycles. The van der Waals surface area contributed by atoms with E-state index in [2.05, 4.69) is 9.97 Å². The third kappa shape index (κ3) is 4.03. The van der Waals surface area contributed by atoms with Gasteiger partial charge in [-0.25, -0.2) is 9.78 Å². The molecule has 0 spiro atoms. The molecule has 2 aromatic rings. The third-order valence-corrected chi connectivity index (χ3v) is 4.10. The number of hydrogen-bond donors (Lipinski definition) is 1. The minimum atomic E-state index is -4.75. The van der Waals surface area contributed by atoms with Crippen molar-refractivity contribution in [2.45, 2.75) is 32.5 Å². The van der Waals surface area contributed by atoms with Gasteiger partial charge in [-0.2, -0.15) is 22.7 Å². The Bertz CT molecular complexity index is 1040. The van der Waals surface area contributed by atoms with Gasteiger partial charge < -0.3 is 9.47 Å². The summed E-state index contributed by atoms with van der Waals surface area (Å²) in [5.74, 6) is -2.28. The molecule has 0 bridgehead atoms. The average molecular weight is 419 g/mol. The molecule has 1 aliphatic rings. The summed E-state index contributed by atoms with van der Waals surface area (Å²) in [6.07, 6.45) is -2.14. The lowest BCUT2D eigenvalue weighted by atomic mass is 10.0. The topological polar surface area (TPSA) is 98.6 Å². The predicted molar refractivity (Wildman–Crippen MR) is 90.2 cm³/mol. The number of H-pyrrole nitrogens is 1. The second-order valence-corrected chi connectivity index (χ2v) is 6.14. The van der Waals surface area contributed by atoms with Crippen molar-refractivity contribution in [2.24, 2.45) is 0 Å². The second kappa shape index (κ2) is 7.66. The maximum atomic E-state index is 12.7. The van der Waals surface area contributed by atoms with Gasteiger partial charge in [0.05, 0.1) is 12.3 Å². The lowest BCUT2D eigenvalue weighted by molar-refractivity contribution is -0.144. The Morgan fingerprint density at radius 1 is 1.39 bits per heavy atom. The van der Waals surface area contributed by atoms with E-state index >= 15 is 0 Å². The van der Waals surface area contributed by atoms with E-state index in [1.165, 1.54) is 0 Å². The van der Waals surface area contributed by atoms with Gasteiger partial charge in [-0.3, -0.25) is 9.89 Å². The van der Waals surface area contributed by atoms with Gasteiger partial charge >= 0.3 is 12.1 Å². The van der Waals surface area contributed by atoms with Crippen LogP contribution >= 0.6 is 11.6 Å². The van der Waals surface area contributed by atoms with Crippen LogP contribution in [0.2, 0.25) is 0 Å². The summed E-state index contributed by atoms with van der Waals surface area (Å²) in [7, 11) is 0. The molecule has 150 valence electrons. The highest BCUT2D eigenvalue weighted by Crippen LogP contribution is 2.30. The fraction of sp³-hybridized carbons (Fsp3) is 0.375. The smallest absolute Gasteiger partial charge is 0.451 e. The highest BCUT2D eigenvalue weighted by atomic mass is 35.5. The Morgan fingerprint density at radius 3 is 2.82 bits per heavy atom. The minimum absolute atomic E-state index is 0.0380. The molecule has 0 amide bonds. The van der Waals surface area contributed by atoms with Crippen LogP contribution in [0.15, 0.2) is 33.3 Å². The van der Waals surface area contributed by atoms with Crippen molar-refractivity contribution >= 4 is 23.3 Å². The summed E-state index contributed by atoms with van der Waals surface area (Å²) in [6.45, 7) is 1.51. The Labute approximate surface area is 160 Å². The van der Waals surface area contributed by atoms with Gasteiger partial charge in [0.1, 0.15) is 17.9 Å². The lowest BCUT2D eigenvalue weighted by Crippen LogP contribution is -2.18.